The number of quaternary nitrogens is 1. The van der Waals surface area contributed by atoms with Crippen LogP contribution in [0.1, 0.15) is 29.4 Å². The largest absolute Gasteiger partial charge is 0.505 e. The van der Waals surface area contributed by atoms with Gasteiger partial charge in [0.15, 0.2) is 5.76 Å². The van der Waals surface area contributed by atoms with Crippen molar-refractivity contribution in [1.82, 2.24) is 14.3 Å². The second kappa shape index (κ2) is 9.07. The second-order valence-electron chi connectivity index (χ2n) is 8.55. The van der Waals surface area contributed by atoms with E-state index in [1.165, 1.54) is 4.90 Å². The van der Waals surface area contributed by atoms with Crippen molar-refractivity contribution in [2.24, 2.45) is 0 Å². The first-order valence-corrected chi connectivity index (χ1v) is 11.0. The number of ether oxygens (including phenoxy) is 1. The van der Waals surface area contributed by atoms with Crippen LogP contribution in [0.5, 0.6) is 5.75 Å². The zero-order valence-corrected chi connectivity index (χ0v) is 19.3. The van der Waals surface area contributed by atoms with Gasteiger partial charge >= 0.3 is 0 Å². The third-order valence-electron chi connectivity index (χ3n) is 5.95. The minimum atomic E-state index is -0.717. The number of hydrogen-bond acceptors (Lipinski definition) is 5. The molecule has 2 aromatic heterocycles. The predicted octanol–water partition coefficient (Wildman–Crippen LogP) is 1.61. The molecule has 172 valence electrons. The van der Waals surface area contributed by atoms with Gasteiger partial charge in [-0.25, -0.2) is 4.98 Å². The summed E-state index contributed by atoms with van der Waals surface area (Å²) < 4.78 is 7.11. The highest BCUT2D eigenvalue weighted by atomic mass is 16.5. The number of aryl methyl sites for hydroxylation is 1. The zero-order chi connectivity index (χ0) is 23.7. The summed E-state index contributed by atoms with van der Waals surface area (Å²) in [4.78, 5) is 33.7. The Balaban J connectivity index is 1.89. The molecule has 3 heterocycles. The normalized spacial score (nSPS) is 18.0. The minimum Gasteiger partial charge on any atom is -0.505 e. The van der Waals surface area contributed by atoms with Gasteiger partial charge in [-0.05, 0) is 36.8 Å². The number of carbonyl (C=O) groups excluding carboxylic acids is 2. The van der Waals surface area contributed by atoms with Crippen LogP contribution in [0, 0.1) is 6.92 Å². The summed E-state index contributed by atoms with van der Waals surface area (Å²) in [6.07, 6.45) is 2.51. The maximum absolute atomic E-state index is 13.3. The maximum Gasteiger partial charge on any atom is 0.295 e. The van der Waals surface area contributed by atoms with Crippen LogP contribution in [0.4, 0.5) is 0 Å². The van der Waals surface area contributed by atoms with Gasteiger partial charge in [-0.15, -0.1) is 0 Å². The number of aromatic nitrogens is 2. The van der Waals surface area contributed by atoms with E-state index >= 15 is 0 Å². The number of hydrogen-bond donors (Lipinski definition) is 2. The summed E-state index contributed by atoms with van der Waals surface area (Å²) >= 11 is 0. The number of nitrogens with one attached hydrogen (secondary N) is 1. The van der Waals surface area contributed by atoms with Gasteiger partial charge in [-0.1, -0.05) is 18.2 Å². The van der Waals surface area contributed by atoms with E-state index in [4.69, 9.17) is 4.74 Å². The number of pyridine rings is 1. The molecule has 8 nitrogen and oxygen atoms in total. The topological polar surface area (TPSA) is 88.6 Å². The summed E-state index contributed by atoms with van der Waals surface area (Å²) in [6, 6.07) is 12.1. The molecule has 33 heavy (non-hydrogen) atoms. The summed E-state index contributed by atoms with van der Waals surface area (Å²) in [5.74, 6) is -0.910. The van der Waals surface area contributed by atoms with Crippen LogP contribution < -0.4 is 9.64 Å². The third-order valence-corrected chi connectivity index (χ3v) is 5.95. The van der Waals surface area contributed by atoms with Gasteiger partial charge in [0.2, 0.25) is 0 Å². The molecule has 1 saturated heterocycles. The van der Waals surface area contributed by atoms with E-state index in [2.05, 4.69) is 4.98 Å². The highest BCUT2D eigenvalue weighted by molar-refractivity contribution is 6.46. The van der Waals surface area contributed by atoms with Crippen molar-refractivity contribution in [1.29, 1.82) is 0 Å². The number of nitrogens with zero attached hydrogens (tertiary/aromatic N) is 3. The molecule has 0 saturated carbocycles. The third kappa shape index (κ3) is 4.09. The monoisotopic (exact) mass is 449 g/mol. The lowest BCUT2D eigenvalue weighted by molar-refractivity contribution is -0.858. The molecule has 0 aliphatic carbocycles. The summed E-state index contributed by atoms with van der Waals surface area (Å²) in [5.41, 5.74) is 2.41. The van der Waals surface area contributed by atoms with Crippen molar-refractivity contribution in [3.05, 3.63) is 71.2 Å². The fourth-order valence-electron chi connectivity index (χ4n) is 4.40. The van der Waals surface area contributed by atoms with Crippen LogP contribution in [-0.4, -0.2) is 65.4 Å². The molecule has 8 heteroatoms. The van der Waals surface area contributed by atoms with E-state index < -0.39 is 17.7 Å². The van der Waals surface area contributed by atoms with Crippen molar-refractivity contribution in [2.45, 2.75) is 19.4 Å². The number of rotatable bonds is 7. The lowest BCUT2D eigenvalue weighted by Crippen LogP contribution is -3.05. The SMILES string of the molecule is COc1cccc(C2C(=C(O)c3c(C)nc4ccccn34)C(=O)C(=O)N2CCC[NH+](C)C)c1. The van der Waals surface area contributed by atoms with Crippen molar-refractivity contribution >= 4 is 23.1 Å². The van der Waals surface area contributed by atoms with Gasteiger partial charge in [0.05, 0.1) is 45.1 Å². The molecular formula is C25H29N4O4+. The van der Waals surface area contributed by atoms with E-state index in [0.29, 0.717) is 34.9 Å². The van der Waals surface area contributed by atoms with Gasteiger partial charge in [-0.2, -0.15) is 0 Å². The van der Waals surface area contributed by atoms with Crippen LogP contribution in [-0.2, 0) is 9.59 Å². The van der Waals surface area contributed by atoms with E-state index in [1.54, 1.807) is 41.7 Å². The molecule has 1 atom stereocenters. The highest BCUT2D eigenvalue weighted by Gasteiger charge is 2.46. The molecular weight excluding hydrogens is 420 g/mol. The molecule has 0 spiro atoms. The molecule has 1 amide bonds. The molecule has 1 aromatic carbocycles. The molecule has 0 radical (unpaired) electrons. The number of carbonyl (C=O) groups is 2. The number of fused-ring (bicyclic) bond motifs is 1. The molecule has 3 aromatic rings. The Morgan fingerprint density at radius 1 is 1.18 bits per heavy atom. The fraction of sp³-hybridized carbons (Fsp3) is 0.320. The van der Waals surface area contributed by atoms with Gasteiger partial charge in [-0.3, -0.25) is 14.0 Å². The quantitative estimate of drug-likeness (QED) is 0.325. The fourth-order valence-corrected chi connectivity index (χ4v) is 4.40. The van der Waals surface area contributed by atoms with E-state index in [-0.39, 0.29) is 11.3 Å². The number of imidazole rings is 1. The van der Waals surface area contributed by atoms with Gasteiger partial charge in [0.25, 0.3) is 11.7 Å². The Morgan fingerprint density at radius 3 is 2.70 bits per heavy atom. The molecule has 4 rings (SSSR count). The predicted molar refractivity (Wildman–Crippen MR) is 124 cm³/mol. The zero-order valence-electron chi connectivity index (χ0n) is 19.3. The Bertz CT molecular complexity index is 1240. The van der Waals surface area contributed by atoms with Crippen LogP contribution in [0.15, 0.2) is 54.2 Å². The van der Waals surface area contributed by atoms with Crippen molar-refractivity contribution in [2.75, 3.05) is 34.3 Å². The first kappa shape index (κ1) is 22.5. The number of ketones is 1. The number of methoxy groups -OCH3 is 1. The lowest BCUT2D eigenvalue weighted by atomic mass is 9.96. The maximum atomic E-state index is 13.3. The highest BCUT2D eigenvalue weighted by Crippen LogP contribution is 2.40. The molecule has 1 unspecified atom stereocenters. The standard InChI is InChI=1S/C25H28N4O4/c1-16-21(28-13-6-5-11-19(28)26-16)23(30)20-22(17-9-7-10-18(15-17)33-4)29(25(32)24(20)31)14-8-12-27(2)3/h5-7,9-11,13,15,22,30H,8,12,14H2,1-4H3/p+1. The number of aliphatic hydroxyl groups is 1. The van der Waals surface area contributed by atoms with Crippen LogP contribution in [0.3, 0.4) is 0 Å². The molecule has 0 bridgehead atoms. The molecule has 1 aliphatic rings. The first-order chi connectivity index (χ1) is 15.8. The van der Waals surface area contributed by atoms with E-state index in [0.717, 1.165) is 13.0 Å². The molecule has 1 aliphatic heterocycles. The summed E-state index contributed by atoms with van der Waals surface area (Å²) in [7, 11) is 5.65. The van der Waals surface area contributed by atoms with Crippen LogP contribution in [0.25, 0.3) is 11.4 Å². The Hall–Kier alpha value is -3.65. The van der Waals surface area contributed by atoms with Crippen LogP contribution >= 0.6 is 0 Å². The molecule has 2 N–H and O–H groups in total. The van der Waals surface area contributed by atoms with Crippen LogP contribution in [0.2, 0.25) is 0 Å². The molecule has 1 fully saturated rings. The van der Waals surface area contributed by atoms with Gasteiger partial charge < -0.3 is 19.6 Å². The van der Waals surface area contributed by atoms with Gasteiger partial charge in [0.1, 0.15) is 17.1 Å². The average molecular weight is 450 g/mol. The number of likely N-dealkylation sites (tertiary alicyclic amines) is 1. The van der Waals surface area contributed by atoms with Crippen molar-refractivity contribution in [3.63, 3.8) is 0 Å². The Kier molecular flexibility index (Phi) is 6.20. The number of Topliss-reactive ketones (excluding diaryl/α,β-unsaturated/α-hetero) is 1. The second-order valence-corrected chi connectivity index (χ2v) is 8.55. The summed E-state index contributed by atoms with van der Waals surface area (Å²) in [5, 5.41) is 11.4. The van der Waals surface area contributed by atoms with E-state index in [9.17, 15) is 14.7 Å². The average Bonchev–Trinajstić information content (AvgIpc) is 3.26. The van der Waals surface area contributed by atoms with Crippen molar-refractivity contribution in [3.8, 4) is 5.75 Å². The number of aliphatic hydroxyl groups excluding tert-OH is 1. The van der Waals surface area contributed by atoms with Gasteiger partial charge in [0, 0.05) is 19.2 Å². The van der Waals surface area contributed by atoms with E-state index in [1.807, 2.05) is 44.4 Å². The Morgan fingerprint density at radius 2 is 1.97 bits per heavy atom. The minimum absolute atomic E-state index is 0.0687. The van der Waals surface area contributed by atoms with Crippen molar-refractivity contribution < 1.29 is 24.3 Å². The Labute approximate surface area is 192 Å². The first-order valence-electron chi connectivity index (χ1n) is 11.0. The summed E-state index contributed by atoms with van der Waals surface area (Å²) in [6.45, 7) is 3.03. The number of benzene rings is 1. The smallest absolute Gasteiger partial charge is 0.295 e. The number of amides is 1. The lowest BCUT2D eigenvalue weighted by Gasteiger charge is -2.25.